The van der Waals surface area contributed by atoms with E-state index in [1.54, 1.807) is 6.21 Å². The number of hydrogen-bond acceptors (Lipinski definition) is 8. The zero-order valence-corrected chi connectivity index (χ0v) is 24.1. The van der Waals surface area contributed by atoms with Crippen molar-refractivity contribution in [3.8, 4) is 0 Å². The summed E-state index contributed by atoms with van der Waals surface area (Å²) in [6.45, 7) is 3.89. The van der Waals surface area contributed by atoms with E-state index in [-0.39, 0.29) is 12.4 Å². The molecule has 1 aliphatic rings. The van der Waals surface area contributed by atoms with Gasteiger partial charge in [-0.05, 0) is 67.5 Å². The molecule has 8 nitrogen and oxygen atoms in total. The van der Waals surface area contributed by atoms with E-state index >= 15 is 0 Å². The van der Waals surface area contributed by atoms with E-state index in [1.165, 1.54) is 11.1 Å². The number of aryl methyl sites for hydroxylation is 1. The SMILES string of the molecule is Cc1ccc(Nc2nc(N/N=C/c3ccc(N(C)C)cc3)nc(N3CCC(Cc4ccccc4)CC3)n2)cc1.Cl. The molecule has 40 heavy (non-hydrogen) atoms. The Labute approximate surface area is 243 Å². The van der Waals surface area contributed by atoms with Crippen LogP contribution in [0.3, 0.4) is 0 Å². The van der Waals surface area contributed by atoms with Crippen molar-refractivity contribution < 1.29 is 0 Å². The number of piperidine rings is 1. The molecule has 1 aromatic heterocycles. The fourth-order valence-electron chi connectivity index (χ4n) is 4.69. The minimum absolute atomic E-state index is 0. The number of rotatable bonds is 9. The predicted octanol–water partition coefficient (Wildman–Crippen LogP) is 6.32. The van der Waals surface area contributed by atoms with Crippen LogP contribution in [0.5, 0.6) is 0 Å². The Hall–Kier alpha value is -4.17. The molecule has 4 aromatic rings. The number of aromatic nitrogens is 3. The lowest BCUT2D eigenvalue weighted by Crippen LogP contribution is -2.35. The molecule has 0 atom stereocenters. The Balaban J connectivity index is 0.00000370. The maximum Gasteiger partial charge on any atom is 0.250 e. The second-order valence-corrected chi connectivity index (χ2v) is 10.2. The summed E-state index contributed by atoms with van der Waals surface area (Å²) in [5.74, 6) is 2.22. The van der Waals surface area contributed by atoms with Crippen molar-refractivity contribution in [2.75, 3.05) is 47.7 Å². The van der Waals surface area contributed by atoms with Gasteiger partial charge in [0, 0.05) is 38.6 Å². The molecule has 0 unspecified atom stereocenters. The smallest absolute Gasteiger partial charge is 0.250 e. The highest BCUT2D eigenvalue weighted by Crippen LogP contribution is 2.26. The first-order chi connectivity index (χ1) is 19.0. The molecule has 0 radical (unpaired) electrons. The maximum atomic E-state index is 4.77. The number of nitrogens with one attached hydrogen (secondary N) is 2. The summed E-state index contributed by atoms with van der Waals surface area (Å²) in [5.41, 5.74) is 8.67. The molecule has 1 saturated heterocycles. The van der Waals surface area contributed by atoms with E-state index in [2.05, 4.69) is 92.1 Å². The monoisotopic (exact) mass is 556 g/mol. The lowest BCUT2D eigenvalue weighted by Gasteiger charge is -2.32. The van der Waals surface area contributed by atoms with Crippen LogP contribution in [0.4, 0.5) is 29.2 Å². The normalized spacial score (nSPS) is 13.6. The summed E-state index contributed by atoms with van der Waals surface area (Å²) < 4.78 is 0. The zero-order chi connectivity index (χ0) is 27.0. The molecule has 0 spiro atoms. The van der Waals surface area contributed by atoms with Crippen LogP contribution in [0.15, 0.2) is 84.0 Å². The van der Waals surface area contributed by atoms with Crippen LogP contribution in [-0.4, -0.2) is 48.4 Å². The standard InChI is InChI=1S/C31H36N8.ClH/c1-23-9-13-27(14-10-23)33-29-34-30(37-32-22-26-11-15-28(16-12-26)38(2)3)36-31(35-29)39-19-17-25(18-20-39)21-24-7-5-4-6-8-24;/h4-16,22,25H,17-21H2,1-3H3,(H2,33,34,35,36,37);1H/b32-22+;. The van der Waals surface area contributed by atoms with E-state index in [9.17, 15) is 0 Å². The number of hydrogen-bond donors (Lipinski definition) is 2. The van der Waals surface area contributed by atoms with Crippen LogP contribution in [-0.2, 0) is 6.42 Å². The van der Waals surface area contributed by atoms with Crippen LogP contribution in [0.25, 0.3) is 0 Å². The minimum Gasteiger partial charge on any atom is -0.378 e. The Kier molecular flexibility index (Phi) is 9.91. The first-order valence-electron chi connectivity index (χ1n) is 13.5. The molecule has 1 aliphatic heterocycles. The number of nitrogens with zero attached hydrogens (tertiary/aromatic N) is 6. The molecule has 2 heterocycles. The van der Waals surface area contributed by atoms with E-state index in [0.717, 1.165) is 49.3 Å². The van der Waals surface area contributed by atoms with Crippen molar-refractivity contribution in [3.05, 3.63) is 95.6 Å². The van der Waals surface area contributed by atoms with E-state index in [4.69, 9.17) is 9.97 Å². The fraction of sp³-hybridized carbons (Fsp3) is 0.290. The van der Waals surface area contributed by atoms with Crippen LogP contribution in [0, 0.1) is 12.8 Å². The largest absolute Gasteiger partial charge is 0.378 e. The third kappa shape index (κ3) is 7.93. The van der Waals surface area contributed by atoms with Crippen LogP contribution >= 0.6 is 12.4 Å². The first kappa shape index (κ1) is 28.8. The van der Waals surface area contributed by atoms with Gasteiger partial charge in [0.1, 0.15) is 0 Å². The highest BCUT2D eigenvalue weighted by Gasteiger charge is 2.22. The summed E-state index contributed by atoms with van der Waals surface area (Å²) >= 11 is 0. The summed E-state index contributed by atoms with van der Waals surface area (Å²) in [6.07, 6.45) is 5.09. The third-order valence-corrected chi connectivity index (χ3v) is 6.98. The van der Waals surface area contributed by atoms with Crippen molar-refractivity contribution in [3.63, 3.8) is 0 Å². The molecular weight excluding hydrogens is 520 g/mol. The molecule has 0 aliphatic carbocycles. The van der Waals surface area contributed by atoms with Gasteiger partial charge in [0.2, 0.25) is 17.8 Å². The van der Waals surface area contributed by atoms with Crippen molar-refractivity contribution in [2.24, 2.45) is 11.0 Å². The average Bonchev–Trinajstić information content (AvgIpc) is 2.95. The van der Waals surface area contributed by atoms with Gasteiger partial charge in [0.05, 0.1) is 6.21 Å². The van der Waals surface area contributed by atoms with Gasteiger partial charge in [-0.15, -0.1) is 12.4 Å². The summed E-state index contributed by atoms with van der Waals surface area (Å²) in [4.78, 5) is 18.4. The maximum absolute atomic E-state index is 4.77. The quantitative estimate of drug-likeness (QED) is 0.184. The minimum atomic E-state index is 0. The van der Waals surface area contributed by atoms with Gasteiger partial charge in [-0.25, -0.2) is 5.43 Å². The van der Waals surface area contributed by atoms with Gasteiger partial charge in [0.15, 0.2) is 0 Å². The van der Waals surface area contributed by atoms with Gasteiger partial charge in [-0.2, -0.15) is 20.1 Å². The highest BCUT2D eigenvalue weighted by molar-refractivity contribution is 5.85. The Morgan fingerprint density at radius 3 is 2.23 bits per heavy atom. The number of hydrazone groups is 1. The van der Waals surface area contributed by atoms with Crippen molar-refractivity contribution in [1.29, 1.82) is 0 Å². The summed E-state index contributed by atoms with van der Waals surface area (Å²) in [7, 11) is 4.05. The van der Waals surface area contributed by atoms with Crippen LogP contribution < -0.4 is 20.5 Å². The Morgan fingerprint density at radius 1 is 0.875 bits per heavy atom. The summed E-state index contributed by atoms with van der Waals surface area (Å²) in [5, 5.41) is 7.74. The topological polar surface area (TPSA) is 81.6 Å². The number of halogens is 1. The molecule has 0 bridgehead atoms. The molecule has 0 amide bonds. The van der Waals surface area contributed by atoms with Crippen LogP contribution in [0.2, 0.25) is 0 Å². The molecule has 3 aromatic carbocycles. The highest BCUT2D eigenvalue weighted by atomic mass is 35.5. The van der Waals surface area contributed by atoms with E-state index in [0.29, 0.717) is 23.8 Å². The Bertz CT molecular complexity index is 1370. The van der Waals surface area contributed by atoms with Gasteiger partial charge in [-0.1, -0.05) is 60.2 Å². The number of anilines is 5. The van der Waals surface area contributed by atoms with Crippen molar-refractivity contribution in [1.82, 2.24) is 15.0 Å². The second kappa shape index (κ2) is 13.8. The van der Waals surface area contributed by atoms with Crippen LogP contribution in [0.1, 0.15) is 29.5 Å². The van der Waals surface area contributed by atoms with Crippen molar-refractivity contribution >= 4 is 47.8 Å². The third-order valence-electron chi connectivity index (χ3n) is 6.98. The lowest BCUT2D eigenvalue weighted by molar-refractivity contribution is 0.400. The van der Waals surface area contributed by atoms with Gasteiger partial charge in [-0.3, -0.25) is 0 Å². The van der Waals surface area contributed by atoms with Crippen molar-refractivity contribution in [2.45, 2.75) is 26.2 Å². The average molecular weight is 557 g/mol. The molecule has 208 valence electrons. The Morgan fingerprint density at radius 2 is 1.55 bits per heavy atom. The predicted molar refractivity (Wildman–Crippen MR) is 169 cm³/mol. The fourth-order valence-corrected chi connectivity index (χ4v) is 4.69. The van der Waals surface area contributed by atoms with Gasteiger partial charge in [0.25, 0.3) is 0 Å². The van der Waals surface area contributed by atoms with E-state index < -0.39 is 0 Å². The first-order valence-corrected chi connectivity index (χ1v) is 13.5. The van der Waals surface area contributed by atoms with Gasteiger partial charge >= 0.3 is 0 Å². The second-order valence-electron chi connectivity index (χ2n) is 10.2. The van der Waals surface area contributed by atoms with Gasteiger partial charge < -0.3 is 15.1 Å². The molecule has 1 fully saturated rings. The molecule has 5 rings (SSSR count). The number of benzene rings is 3. The van der Waals surface area contributed by atoms with E-state index in [1.807, 2.05) is 38.4 Å². The zero-order valence-electron chi connectivity index (χ0n) is 23.3. The summed E-state index contributed by atoms with van der Waals surface area (Å²) in [6, 6.07) is 27.1. The molecule has 2 N–H and O–H groups in total. The molecule has 9 heteroatoms. The molecule has 0 saturated carbocycles. The lowest BCUT2D eigenvalue weighted by atomic mass is 9.90. The molecular formula is C31H37ClN8.